The van der Waals surface area contributed by atoms with E-state index in [9.17, 15) is 4.79 Å². The first kappa shape index (κ1) is 17.4. The molecule has 0 bridgehead atoms. The van der Waals surface area contributed by atoms with Crippen LogP contribution in [0.2, 0.25) is 0 Å². The first-order valence-corrected chi connectivity index (χ1v) is 8.50. The zero-order chi connectivity index (χ0) is 18.0. The van der Waals surface area contributed by atoms with Crippen molar-refractivity contribution in [2.75, 3.05) is 0 Å². The lowest BCUT2D eigenvalue weighted by Crippen LogP contribution is -2.21. The van der Waals surface area contributed by atoms with Gasteiger partial charge in [0.2, 0.25) is 5.91 Å². The molecule has 128 valence electrons. The van der Waals surface area contributed by atoms with Gasteiger partial charge in [0.15, 0.2) is 0 Å². The van der Waals surface area contributed by atoms with E-state index in [-0.39, 0.29) is 5.91 Å². The van der Waals surface area contributed by atoms with Crippen molar-refractivity contribution in [3.8, 4) is 0 Å². The Morgan fingerprint density at radius 1 is 0.808 bits per heavy atom. The van der Waals surface area contributed by atoms with Crippen molar-refractivity contribution in [3.63, 3.8) is 0 Å². The number of carbonyl (C=O) groups is 1. The number of nitrogens with zero attached hydrogens (tertiary/aromatic N) is 1. The van der Waals surface area contributed by atoms with Gasteiger partial charge in [0, 0.05) is 5.56 Å². The molecule has 3 heteroatoms. The van der Waals surface area contributed by atoms with Crippen molar-refractivity contribution in [1.82, 2.24) is 5.43 Å². The number of hydrazone groups is 1. The van der Waals surface area contributed by atoms with Crippen molar-refractivity contribution in [1.29, 1.82) is 0 Å². The number of carbonyl (C=O) groups excluding carboxylic acids is 1. The number of hydrogen-bond donors (Lipinski definition) is 1. The van der Waals surface area contributed by atoms with Crippen molar-refractivity contribution in [2.24, 2.45) is 5.10 Å². The minimum atomic E-state index is -0.141. The molecule has 0 fully saturated rings. The second-order valence-electron chi connectivity index (χ2n) is 5.80. The molecule has 3 aromatic carbocycles. The minimum absolute atomic E-state index is 0.141. The fraction of sp³-hybridized carbons (Fsp3) is 0.0435. The Morgan fingerprint density at radius 2 is 1.38 bits per heavy atom. The number of hydrogen-bond acceptors (Lipinski definition) is 2. The molecule has 0 aliphatic heterocycles. The zero-order valence-corrected chi connectivity index (χ0v) is 14.4. The van der Waals surface area contributed by atoms with Crippen LogP contribution in [-0.2, 0) is 11.2 Å². The average molecular weight is 340 g/mol. The van der Waals surface area contributed by atoms with E-state index in [1.807, 2.05) is 103 Å². The number of benzene rings is 3. The maximum absolute atomic E-state index is 12.2. The van der Waals surface area contributed by atoms with Gasteiger partial charge in [0.05, 0.1) is 12.1 Å². The van der Waals surface area contributed by atoms with Gasteiger partial charge in [-0.3, -0.25) is 4.79 Å². The van der Waals surface area contributed by atoms with Crippen LogP contribution in [0.5, 0.6) is 0 Å². The molecule has 0 radical (unpaired) electrons. The van der Waals surface area contributed by atoms with Crippen LogP contribution in [0.25, 0.3) is 6.08 Å². The maximum atomic E-state index is 12.2. The first-order chi connectivity index (χ1) is 12.8. The van der Waals surface area contributed by atoms with E-state index in [1.54, 1.807) is 0 Å². The van der Waals surface area contributed by atoms with Crippen LogP contribution in [-0.4, -0.2) is 11.6 Å². The molecule has 26 heavy (non-hydrogen) atoms. The molecule has 0 saturated carbocycles. The highest BCUT2D eigenvalue weighted by atomic mass is 16.2. The second kappa shape index (κ2) is 9.14. The van der Waals surface area contributed by atoms with E-state index < -0.39 is 0 Å². The highest BCUT2D eigenvalue weighted by Gasteiger charge is 2.04. The normalized spacial score (nSPS) is 11.5. The number of amides is 1. The molecule has 0 spiro atoms. The van der Waals surface area contributed by atoms with E-state index in [0.717, 1.165) is 16.7 Å². The van der Waals surface area contributed by atoms with E-state index >= 15 is 0 Å². The third-order valence-corrected chi connectivity index (χ3v) is 3.81. The summed E-state index contributed by atoms with van der Waals surface area (Å²) in [6, 6.07) is 29.4. The SMILES string of the molecule is O=C(Cc1ccccc1)NN=C(/C=C\c1ccccc1)c1ccccc1. The Bertz CT molecular complexity index is 885. The molecule has 1 N–H and O–H groups in total. The number of rotatable bonds is 6. The Labute approximate surface area is 153 Å². The molecule has 3 nitrogen and oxygen atoms in total. The smallest absolute Gasteiger partial charge is 0.244 e. The third kappa shape index (κ3) is 5.28. The van der Waals surface area contributed by atoms with Crippen molar-refractivity contribution in [2.45, 2.75) is 6.42 Å². The second-order valence-corrected chi connectivity index (χ2v) is 5.80. The van der Waals surface area contributed by atoms with E-state index in [2.05, 4.69) is 10.5 Å². The van der Waals surface area contributed by atoms with Crippen LogP contribution >= 0.6 is 0 Å². The van der Waals surface area contributed by atoms with E-state index in [1.165, 1.54) is 0 Å². The van der Waals surface area contributed by atoms with Crippen LogP contribution in [0.4, 0.5) is 0 Å². The van der Waals surface area contributed by atoms with Gasteiger partial charge in [-0.1, -0.05) is 97.1 Å². The highest BCUT2D eigenvalue weighted by molar-refractivity contribution is 6.11. The summed E-state index contributed by atoms with van der Waals surface area (Å²) in [5.74, 6) is -0.141. The zero-order valence-electron chi connectivity index (χ0n) is 14.4. The van der Waals surface area contributed by atoms with Crippen LogP contribution in [0.1, 0.15) is 16.7 Å². The summed E-state index contributed by atoms with van der Waals surface area (Å²) in [6.45, 7) is 0. The van der Waals surface area contributed by atoms with Gasteiger partial charge in [-0.25, -0.2) is 5.43 Å². The van der Waals surface area contributed by atoms with Crippen LogP contribution < -0.4 is 5.43 Å². The summed E-state index contributed by atoms with van der Waals surface area (Å²) in [7, 11) is 0. The average Bonchev–Trinajstić information content (AvgIpc) is 2.70. The predicted octanol–water partition coefficient (Wildman–Crippen LogP) is 4.46. The molecule has 0 aliphatic rings. The number of allylic oxidation sites excluding steroid dienone is 1. The van der Waals surface area contributed by atoms with Gasteiger partial charge in [-0.15, -0.1) is 0 Å². The predicted molar refractivity (Wildman–Crippen MR) is 107 cm³/mol. The maximum Gasteiger partial charge on any atom is 0.244 e. The van der Waals surface area contributed by atoms with Gasteiger partial charge < -0.3 is 0 Å². The summed E-state index contributed by atoms with van der Waals surface area (Å²) >= 11 is 0. The topological polar surface area (TPSA) is 41.5 Å². The fourth-order valence-electron chi connectivity index (χ4n) is 2.49. The van der Waals surface area contributed by atoms with Crippen LogP contribution in [0.15, 0.2) is 102 Å². The van der Waals surface area contributed by atoms with Crippen LogP contribution in [0.3, 0.4) is 0 Å². The molecule has 3 aromatic rings. The Hall–Kier alpha value is -3.46. The highest BCUT2D eigenvalue weighted by Crippen LogP contribution is 2.07. The molecule has 0 aromatic heterocycles. The lowest BCUT2D eigenvalue weighted by molar-refractivity contribution is -0.120. The number of nitrogens with one attached hydrogen (secondary N) is 1. The summed E-state index contributed by atoms with van der Waals surface area (Å²) in [4.78, 5) is 12.2. The molecule has 0 atom stereocenters. The van der Waals surface area contributed by atoms with Crippen molar-refractivity contribution >= 4 is 17.7 Å². The largest absolute Gasteiger partial charge is 0.273 e. The van der Waals surface area contributed by atoms with Crippen LogP contribution in [0, 0.1) is 0 Å². The Kier molecular flexibility index (Phi) is 6.10. The van der Waals surface area contributed by atoms with E-state index in [4.69, 9.17) is 0 Å². The summed E-state index contributed by atoms with van der Waals surface area (Å²) < 4.78 is 0. The molecular formula is C23H20N2O. The summed E-state index contributed by atoms with van der Waals surface area (Å²) in [5.41, 5.74) is 6.35. The molecule has 0 saturated heterocycles. The lowest BCUT2D eigenvalue weighted by atomic mass is 10.1. The van der Waals surface area contributed by atoms with E-state index in [0.29, 0.717) is 12.1 Å². The quantitative estimate of drug-likeness (QED) is 0.522. The van der Waals surface area contributed by atoms with Gasteiger partial charge in [-0.2, -0.15) is 5.10 Å². The molecule has 0 aliphatic carbocycles. The fourth-order valence-corrected chi connectivity index (χ4v) is 2.49. The molecule has 0 heterocycles. The van der Waals surface area contributed by atoms with Crippen molar-refractivity contribution < 1.29 is 4.79 Å². The van der Waals surface area contributed by atoms with Gasteiger partial charge in [-0.05, 0) is 17.2 Å². The lowest BCUT2D eigenvalue weighted by Gasteiger charge is -2.04. The van der Waals surface area contributed by atoms with Gasteiger partial charge >= 0.3 is 0 Å². The summed E-state index contributed by atoms with van der Waals surface area (Å²) in [5, 5.41) is 4.34. The molecule has 0 unspecified atom stereocenters. The standard InChI is InChI=1S/C23H20N2O/c26-23(18-20-12-6-2-7-13-20)25-24-22(21-14-8-3-9-15-21)17-16-19-10-4-1-5-11-19/h1-17H,18H2,(H,25,26)/b17-16-,24-22?. The Morgan fingerprint density at radius 3 is 2.04 bits per heavy atom. The minimum Gasteiger partial charge on any atom is -0.273 e. The Balaban J connectivity index is 1.75. The van der Waals surface area contributed by atoms with Gasteiger partial charge in [0.1, 0.15) is 0 Å². The molecular weight excluding hydrogens is 320 g/mol. The van der Waals surface area contributed by atoms with Crippen molar-refractivity contribution in [3.05, 3.63) is 114 Å². The molecule has 1 amide bonds. The molecule has 3 rings (SSSR count). The first-order valence-electron chi connectivity index (χ1n) is 8.50. The van der Waals surface area contributed by atoms with Gasteiger partial charge in [0.25, 0.3) is 0 Å². The summed E-state index contributed by atoms with van der Waals surface area (Å²) in [6.07, 6.45) is 4.19. The monoisotopic (exact) mass is 340 g/mol. The third-order valence-electron chi connectivity index (χ3n) is 3.81.